The minimum absolute atomic E-state index is 0.0108. The van der Waals surface area contributed by atoms with E-state index in [2.05, 4.69) is 15.9 Å². The van der Waals surface area contributed by atoms with Crippen molar-refractivity contribution in [2.75, 3.05) is 12.4 Å². The predicted octanol–water partition coefficient (Wildman–Crippen LogP) is 1.75. The normalized spacial score (nSPS) is 12.7. The molecule has 0 radical (unpaired) electrons. The Labute approximate surface area is 162 Å². The predicted molar refractivity (Wildman–Crippen MR) is 100 cm³/mol. The summed E-state index contributed by atoms with van der Waals surface area (Å²) in [6, 6.07) is 5.76. The first-order valence-corrected chi connectivity index (χ1v) is 8.88. The Morgan fingerprint density at radius 2 is 1.81 bits per heavy atom. The molecule has 0 heterocycles. The van der Waals surface area contributed by atoms with E-state index in [4.69, 9.17) is 11.6 Å². The van der Waals surface area contributed by atoms with Crippen LogP contribution in [0.5, 0.6) is 0 Å². The molecule has 3 N–H and O–H groups in total. The van der Waals surface area contributed by atoms with Gasteiger partial charge in [-0.25, -0.2) is 9.59 Å². The number of amides is 3. The van der Waals surface area contributed by atoms with E-state index in [1.165, 1.54) is 0 Å². The molecule has 3 amide bonds. The molecule has 1 aromatic rings. The topological polar surface area (TPSA) is 128 Å². The second kappa shape index (κ2) is 11.1. The van der Waals surface area contributed by atoms with Gasteiger partial charge in [0.25, 0.3) is 0 Å². The maximum absolute atomic E-state index is 12.6. The van der Waals surface area contributed by atoms with Crippen LogP contribution in [0.1, 0.15) is 19.4 Å². The second-order valence-electron chi connectivity index (χ2n) is 6.15. The lowest BCUT2D eigenvalue weighted by Gasteiger charge is -2.24. The number of carboxylic acids is 1. The van der Waals surface area contributed by atoms with Gasteiger partial charge in [-0.3, -0.25) is 4.79 Å². The van der Waals surface area contributed by atoms with Crippen molar-refractivity contribution < 1.29 is 19.5 Å². The Balaban J connectivity index is 2.98. The molecular formula is C17H23ClN4O5. The van der Waals surface area contributed by atoms with Crippen LogP contribution in [0.2, 0.25) is 0 Å². The Morgan fingerprint density at radius 1 is 1.19 bits per heavy atom. The van der Waals surface area contributed by atoms with E-state index in [0.29, 0.717) is 5.01 Å². The Morgan fingerprint density at radius 3 is 2.30 bits per heavy atom. The summed E-state index contributed by atoms with van der Waals surface area (Å²) < 4.78 is 0. The summed E-state index contributed by atoms with van der Waals surface area (Å²) >= 11 is 5.52. The first-order valence-electron chi connectivity index (χ1n) is 8.34. The molecule has 0 aromatic heterocycles. The molecule has 0 spiro atoms. The highest BCUT2D eigenvalue weighted by Gasteiger charge is 2.29. The molecule has 0 aliphatic heterocycles. The second-order valence-corrected chi connectivity index (χ2v) is 6.53. The van der Waals surface area contributed by atoms with Gasteiger partial charge in [0.15, 0.2) is 0 Å². The molecule has 0 aliphatic carbocycles. The fourth-order valence-corrected chi connectivity index (χ4v) is 2.47. The maximum atomic E-state index is 12.6. The van der Waals surface area contributed by atoms with Gasteiger partial charge in [-0.15, -0.1) is 16.5 Å². The monoisotopic (exact) mass is 398 g/mol. The zero-order valence-corrected chi connectivity index (χ0v) is 15.8. The van der Waals surface area contributed by atoms with Gasteiger partial charge in [0.1, 0.15) is 12.1 Å². The maximum Gasteiger partial charge on any atom is 0.341 e. The quantitative estimate of drug-likeness (QED) is 0.314. The first kappa shape index (κ1) is 22.4. The number of hydrogen-bond donors (Lipinski definition) is 3. The number of benzene rings is 1. The van der Waals surface area contributed by atoms with Crippen LogP contribution in [-0.2, 0) is 16.0 Å². The average molecular weight is 399 g/mol. The number of nitrogens with one attached hydrogen (secondary N) is 2. The number of urea groups is 1. The lowest BCUT2D eigenvalue weighted by atomic mass is 10.0. The Kier molecular flexibility index (Phi) is 9.21. The summed E-state index contributed by atoms with van der Waals surface area (Å²) in [7, 11) is 0. The third-order valence-electron chi connectivity index (χ3n) is 3.76. The third kappa shape index (κ3) is 7.22. The van der Waals surface area contributed by atoms with E-state index in [9.17, 15) is 24.4 Å². The number of rotatable bonds is 10. The highest BCUT2D eigenvalue weighted by molar-refractivity contribution is 6.18. The van der Waals surface area contributed by atoms with E-state index in [1.54, 1.807) is 44.2 Å². The molecule has 0 bridgehead atoms. The highest BCUT2D eigenvalue weighted by Crippen LogP contribution is 2.07. The molecule has 0 saturated heterocycles. The smallest absolute Gasteiger partial charge is 0.341 e. The molecule has 0 aliphatic rings. The van der Waals surface area contributed by atoms with E-state index < -0.39 is 30.0 Å². The van der Waals surface area contributed by atoms with Gasteiger partial charge in [0.2, 0.25) is 5.91 Å². The molecule has 0 unspecified atom stereocenters. The average Bonchev–Trinajstić information content (AvgIpc) is 2.63. The number of aliphatic carboxylic acids is 1. The van der Waals surface area contributed by atoms with Gasteiger partial charge in [-0.05, 0) is 11.5 Å². The van der Waals surface area contributed by atoms with E-state index in [1.807, 2.05) is 0 Å². The van der Waals surface area contributed by atoms with Crippen LogP contribution in [0.3, 0.4) is 0 Å². The molecule has 0 saturated carbocycles. The van der Waals surface area contributed by atoms with Crippen LogP contribution in [0, 0.1) is 10.8 Å². The van der Waals surface area contributed by atoms with E-state index in [-0.39, 0.29) is 24.8 Å². The summed E-state index contributed by atoms with van der Waals surface area (Å²) in [5.41, 5.74) is 0.748. The van der Waals surface area contributed by atoms with E-state index in [0.717, 1.165) is 5.56 Å². The minimum Gasteiger partial charge on any atom is -0.480 e. The summed E-state index contributed by atoms with van der Waals surface area (Å²) in [6.07, 6.45) is 0.108. The SMILES string of the molecule is CC(C)[C@H](NC(=O)[C@H](Cc1ccccc1)NC(=O)N(CCCl)N=O)C(=O)O. The number of alkyl halides is 1. The van der Waals surface area contributed by atoms with Crippen molar-refractivity contribution in [2.45, 2.75) is 32.4 Å². The molecule has 10 heteroatoms. The van der Waals surface area contributed by atoms with Gasteiger partial charge >= 0.3 is 12.0 Å². The van der Waals surface area contributed by atoms with E-state index >= 15 is 0 Å². The number of hydrogen-bond acceptors (Lipinski definition) is 5. The summed E-state index contributed by atoms with van der Waals surface area (Å²) in [5.74, 6) is -2.22. The van der Waals surface area contributed by atoms with Crippen molar-refractivity contribution >= 4 is 29.5 Å². The van der Waals surface area contributed by atoms with Crippen LogP contribution in [-0.4, -0.2) is 52.5 Å². The van der Waals surface area contributed by atoms with Gasteiger partial charge in [0.05, 0.1) is 11.8 Å². The third-order valence-corrected chi connectivity index (χ3v) is 3.93. The summed E-state index contributed by atoms with van der Waals surface area (Å²) in [4.78, 5) is 46.9. The number of carbonyl (C=O) groups is 3. The zero-order valence-electron chi connectivity index (χ0n) is 15.1. The molecule has 1 rings (SSSR count). The standard InChI is InChI=1S/C17H23ClN4O5/c1-11(2)14(16(24)25)20-15(23)13(10-12-6-4-3-5-7-12)19-17(26)22(21-27)9-8-18/h3-7,11,13-14H,8-10H2,1-2H3,(H,19,26)(H,20,23)(H,24,25)/t13-,14-/m0/s1. The first-order chi connectivity index (χ1) is 12.8. The van der Waals surface area contributed by atoms with Crippen molar-refractivity contribution in [2.24, 2.45) is 11.2 Å². The van der Waals surface area contributed by atoms with Crippen molar-refractivity contribution in [3.05, 3.63) is 40.8 Å². The molecule has 2 atom stereocenters. The van der Waals surface area contributed by atoms with Crippen LogP contribution in [0.25, 0.3) is 0 Å². The van der Waals surface area contributed by atoms with Crippen LogP contribution >= 0.6 is 11.6 Å². The zero-order chi connectivity index (χ0) is 20.4. The van der Waals surface area contributed by atoms with Gasteiger partial charge in [-0.2, -0.15) is 5.01 Å². The fraction of sp³-hybridized carbons (Fsp3) is 0.471. The fourth-order valence-electron chi connectivity index (χ4n) is 2.31. The van der Waals surface area contributed by atoms with Crippen LogP contribution in [0.4, 0.5) is 4.79 Å². The molecule has 1 aromatic carbocycles. The lowest BCUT2D eigenvalue weighted by molar-refractivity contribution is -0.143. The van der Waals surface area contributed by atoms with Crippen LogP contribution < -0.4 is 10.6 Å². The van der Waals surface area contributed by atoms with Gasteiger partial charge in [-0.1, -0.05) is 44.2 Å². The largest absolute Gasteiger partial charge is 0.480 e. The van der Waals surface area contributed by atoms with Gasteiger partial charge in [0, 0.05) is 12.3 Å². The van der Waals surface area contributed by atoms with Gasteiger partial charge < -0.3 is 15.7 Å². The minimum atomic E-state index is -1.18. The van der Waals surface area contributed by atoms with Crippen molar-refractivity contribution in [3.63, 3.8) is 0 Å². The molecule has 148 valence electrons. The lowest BCUT2D eigenvalue weighted by Crippen LogP contribution is -2.55. The molecule has 9 nitrogen and oxygen atoms in total. The number of carboxylic acid groups (broad SMARTS) is 1. The van der Waals surface area contributed by atoms with Crippen molar-refractivity contribution in [3.8, 4) is 0 Å². The molecule has 0 fully saturated rings. The highest BCUT2D eigenvalue weighted by atomic mass is 35.5. The Hall–Kier alpha value is -2.68. The number of nitroso groups, excluding NO2 is 1. The number of carbonyl (C=O) groups excluding carboxylic acids is 2. The Bertz CT molecular complexity index is 656. The van der Waals surface area contributed by atoms with Crippen molar-refractivity contribution in [1.82, 2.24) is 15.6 Å². The summed E-state index contributed by atoms with van der Waals surface area (Å²) in [5, 5.41) is 17.2. The molecular weight excluding hydrogens is 376 g/mol. The molecule has 27 heavy (non-hydrogen) atoms. The number of nitrogens with zero attached hydrogens (tertiary/aromatic N) is 2. The van der Waals surface area contributed by atoms with Crippen LogP contribution in [0.15, 0.2) is 35.6 Å². The number of halogens is 1. The summed E-state index contributed by atoms with van der Waals surface area (Å²) in [6.45, 7) is 3.19. The van der Waals surface area contributed by atoms with Crippen molar-refractivity contribution in [1.29, 1.82) is 0 Å².